The van der Waals surface area contributed by atoms with Crippen molar-refractivity contribution in [3.63, 3.8) is 0 Å². The number of rotatable bonds is 7. The van der Waals surface area contributed by atoms with Gasteiger partial charge in [0, 0.05) is 19.5 Å². The van der Waals surface area contributed by atoms with E-state index in [2.05, 4.69) is 27.5 Å². The molecule has 112 valence electrons. The van der Waals surface area contributed by atoms with Crippen LogP contribution in [-0.4, -0.2) is 23.6 Å². The number of para-hydroxylation sites is 2. The van der Waals surface area contributed by atoms with Gasteiger partial charge >= 0.3 is 0 Å². The SMILES string of the molecule is CCCc1nc(NC)cc(Nc2ccccc2OCC)n1. The minimum absolute atomic E-state index is 0.630. The van der Waals surface area contributed by atoms with Gasteiger partial charge in [-0.1, -0.05) is 19.1 Å². The van der Waals surface area contributed by atoms with Crippen LogP contribution in [0, 0.1) is 0 Å². The van der Waals surface area contributed by atoms with Crippen LogP contribution in [0.2, 0.25) is 0 Å². The first-order valence-electron chi connectivity index (χ1n) is 7.31. The lowest BCUT2D eigenvalue weighted by atomic mass is 10.3. The van der Waals surface area contributed by atoms with Gasteiger partial charge in [-0.25, -0.2) is 9.97 Å². The van der Waals surface area contributed by atoms with Crippen LogP contribution in [-0.2, 0) is 6.42 Å². The number of hydrogen-bond donors (Lipinski definition) is 2. The molecular weight excluding hydrogens is 264 g/mol. The predicted molar refractivity (Wildman–Crippen MR) is 86.5 cm³/mol. The van der Waals surface area contributed by atoms with Crippen molar-refractivity contribution >= 4 is 17.3 Å². The first kappa shape index (κ1) is 15.1. The Kier molecular flexibility index (Phi) is 5.37. The molecule has 0 amide bonds. The lowest BCUT2D eigenvalue weighted by Gasteiger charge is -2.13. The highest BCUT2D eigenvalue weighted by Gasteiger charge is 2.07. The smallest absolute Gasteiger partial charge is 0.142 e. The number of aromatic nitrogens is 2. The molecule has 5 heteroatoms. The maximum Gasteiger partial charge on any atom is 0.142 e. The summed E-state index contributed by atoms with van der Waals surface area (Å²) in [5.41, 5.74) is 0.905. The van der Waals surface area contributed by atoms with Crippen molar-refractivity contribution in [3.8, 4) is 5.75 Å². The lowest BCUT2D eigenvalue weighted by Crippen LogP contribution is -2.04. The second-order valence-corrected chi connectivity index (χ2v) is 4.61. The summed E-state index contributed by atoms with van der Waals surface area (Å²) in [5.74, 6) is 3.23. The Labute approximate surface area is 125 Å². The van der Waals surface area contributed by atoms with Crippen molar-refractivity contribution in [2.24, 2.45) is 0 Å². The molecule has 21 heavy (non-hydrogen) atoms. The second kappa shape index (κ2) is 7.47. The maximum absolute atomic E-state index is 5.62. The fourth-order valence-corrected chi connectivity index (χ4v) is 2.01. The van der Waals surface area contributed by atoms with Crippen molar-refractivity contribution < 1.29 is 4.74 Å². The van der Waals surface area contributed by atoms with Crippen LogP contribution < -0.4 is 15.4 Å². The van der Waals surface area contributed by atoms with Crippen molar-refractivity contribution in [2.75, 3.05) is 24.3 Å². The van der Waals surface area contributed by atoms with Crippen LogP contribution in [0.4, 0.5) is 17.3 Å². The zero-order valence-corrected chi connectivity index (χ0v) is 12.8. The van der Waals surface area contributed by atoms with Crippen molar-refractivity contribution in [3.05, 3.63) is 36.2 Å². The molecule has 0 aliphatic carbocycles. The van der Waals surface area contributed by atoms with Crippen LogP contribution in [0.5, 0.6) is 5.75 Å². The summed E-state index contributed by atoms with van der Waals surface area (Å²) in [6, 6.07) is 9.74. The number of nitrogens with zero attached hydrogens (tertiary/aromatic N) is 2. The molecule has 2 rings (SSSR count). The average Bonchev–Trinajstić information content (AvgIpc) is 2.49. The molecule has 0 spiro atoms. The van der Waals surface area contributed by atoms with Gasteiger partial charge in [-0.05, 0) is 25.5 Å². The Morgan fingerprint density at radius 1 is 1.10 bits per heavy atom. The highest BCUT2D eigenvalue weighted by atomic mass is 16.5. The van der Waals surface area contributed by atoms with Crippen LogP contribution in [0.25, 0.3) is 0 Å². The molecule has 0 bridgehead atoms. The summed E-state index contributed by atoms with van der Waals surface area (Å²) in [5, 5.41) is 6.38. The zero-order chi connectivity index (χ0) is 15.1. The van der Waals surface area contributed by atoms with E-state index in [1.807, 2.05) is 44.3 Å². The van der Waals surface area contributed by atoms with E-state index in [-0.39, 0.29) is 0 Å². The molecule has 5 nitrogen and oxygen atoms in total. The van der Waals surface area contributed by atoms with Crippen molar-refractivity contribution in [2.45, 2.75) is 26.7 Å². The Hall–Kier alpha value is -2.30. The topological polar surface area (TPSA) is 59.1 Å². The minimum atomic E-state index is 0.630. The van der Waals surface area contributed by atoms with E-state index in [1.165, 1.54) is 0 Å². The summed E-state index contributed by atoms with van der Waals surface area (Å²) in [4.78, 5) is 9.00. The molecule has 2 aromatic rings. The van der Waals surface area contributed by atoms with E-state index in [0.717, 1.165) is 41.7 Å². The third-order valence-electron chi connectivity index (χ3n) is 2.95. The molecule has 0 unspecified atom stereocenters. The van der Waals surface area contributed by atoms with Gasteiger partial charge in [-0.3, -0.25) is 0 Å². The van der Waals surface area contributed by atoms with Gasteiger partial charge in [0.05, 0.1) is 12.3 Å². The van der Waals surface area contributed by atoms with Gasteiger partial charge in [0.25, 0.3) is 0 Å². The molecule has 0 saturated carbocycles. The standard InChI is InChI=1S/C16H22N4O/c1-4-8-14-19-15(17-3)11-16(20-14)18-12-9-6-7-10-13(12)21-5-2/h6-7,9-11H,4-5,8H2,1-3H3,(H2,17,18,19,20). The minimum Gasteiger partial charge on any atom is -0.492 e. The van der Waals surface area contributed by atoms with E-state index in [1.54, 1.807) is 0 Å². The monoisotopic (exact) mass is 286 g/mol. The Balaban J connectivity index is 2.28. The summed E-state index contributed by atoms with van der Waals surface area (Å²) < 4.78 is 5.62. The molecule has 1 heterocycles. The zero-order valence-electron chi connectivity index (χ0n) is 12.8. The highest BCUT2D eigenvalue weighted by Crippen LogP contribution is 2.27. The fraction of sp³-hybridized carbons (Fsp3) is 0.375. The summed E-state index contributed by atoms with van der Waals surface area (Å²) in [6.07, 6.45) is 1.87. The fourth-order valence-electron chi connectivity index (χ4n) is 2.01. The Morgan fingerprint density at radius 3 is 2.57 bits per heavy atom. The van der Waals surface area contributed by atoms with Gasteiger partial charge < -0.3 is 15.4 Å². The first-order chi connectivity index (χ1) is 10.3. The molecule has 0 fully saturated rings. The predicted octanol–water partition coefficient (Wildman–Crippen LogP) is 3.61. The normalized spacial score (nSPS) is 10.2. The number of ether oxygens (including phenoxy) is 1. The molecule has 1 aromatic carbocycles. The molecule has 1 aromatic heterocycles. The summed E-state index contributed by atoms with van der Waals surface area (Å²) >= 11 is 0. The summed E-state index contributed by atoms with van der Waals surface area (Å²) in [7, 11) is 1.86. The van der Waals surface area contributed by atoms with Gasteiger partial charge in [0.15, 0.2) is 0 Å². The Bertz CT molecular complexity index is 586. The highest BCUT2D eigenvalue weighted by molar-refractivity contribution is 5.65. The van der Waals surface area contributed by atoms with E-state index in [9.17, 15) is 0 Å². The number of aryl methyl sites for hydroxylation is 1. The van der Waals surface area contributed by atoms with Gasteiger partial charge in [0.1, 0.15) is 23.2 Å². The number of hydrogen-bond acceptors (Lipinski definition) is 5. The molecule has 0 aliphatic rings. The third-order valence-corrected chi connectivity index (χ3v) is 2.95. The van der Waals surface area contributed by atoms with Gasteiger partial charge in [-0.2, -0.15) is 0 Å². The molecule has 0 atom stereocenters. The molecule has 0 radical (unpaired) electrons. The van der Waals surface area contributed by atoms with Crippen LogP contribution in [0.3, 0.4) is 0 Å². The average molecular weight is 286 g/mol. The number of anilines is 3. The molecule has 2 N–H and O–H groups in total. The molecule has 0 saturated heterocycles. The number of benzene rings is 1. The first-order valence-corrected chi connectivity index (χ1v) is 7.31. The molecular formula is C16H22N4O. The van der Waals surface area contributed by atoms with E-state index in [0.29, 0.717) is 6.61 Å². The van der Waals surface area contributed by atoms with Crippen molar-refractivity contribution in [1.29, 1.82) is 0 Å². The quantitative estimate of drug-likeness (QED) is 0.814. The van der Waals surface area contributed by atoms with Gasteiger partial charge in [-0.15, -0.1) is 0 Å². The largest absolute Gasteiger partial charge is 0.492 e. The van der Waals surface area contributed by atoms with Gasteiger partial charge in [0.2, 0.25) is 0 Å². The maximum atomic E-state index is 5.62. The Morgan fingerprint density at radius 2 is 1.86 bits per heavy atom. The summed E-state index contributed by atoms with van der Waals surface area (Å²) in [6.45, 7) is 4.72. The van der Waals surface area contributed by atoms with E-state index in [4.69, 9.17) is 4.74 Å². The van der Waals surface area contributed by atoms with E-state index < -0.39 is 0 Å². The van der Waals surface area contributed by atoms with Crippen molar-refractivity contribution in [1.82, 2.24) is 9.97 Å². The van der Waals surface area contributed by atoms with Crippen LogP contribution in [0.1, 0.15) is 26.1 Å². The third kappa shape index (κ3) is 4.08. The van der Waals surface area contributed by atoms with E-state index >= 15 is 0 Å². The second-order valence-electron chi connectivity index (χ2n) is 4.61. The molecule has 0 aliphatic heterocycles. The van der Waals surface area contributed by atoms with Crippen LogP contribution in [0.15, 0.2) is 30.3 Å². The number of nitrogens with one attached hydrogen (secondary N) is 2. The van der Waals surface area contributed by atoms with Crippen LogP contribution >= 0.6 is 0 Å². The lowest BCUT2D eigenvalue weighted by molar-refractivity contribution is 0.342.